The van der Waals surface area contributed by atoms with Gasteiger partial charge in [0, 0.05) is 19.3 Å². The van der Waals surface area contributed by atoms with Crippen molar-refractivity contribution in [3.63, 3.8) is 0 Å². The number of aliphatic hydroxyl groups excluding tert-OH is 1. The molecule has 1 aliphatic heterocycles. The lowest BCUT2D eigenvalue weighted by atomic mass is 9.91. The third-order valence-corrected chi connectivity index (χ3v) is 3.29. The van der Waals surface area contributed by atoms with E-state index in [0.717, 1.165) is 0 Å². The van der Waals surface area contributed by atoms with E-state index in [2.05, 4.69) is 15.3 Å². The van der Waals surface area contributed by atoms with Crippen LogP contribution in [-0.2, 0) is 10.9 Å². The predicted octanol–water partition coefficient (Wildman–Crippen LogP) is 2.10. The topological polar surface area (TPSA) is 67.3 Å². The summed E-state index contributed by atoms with van der Waals surface area (Å²) in [4.78, 5) is 6.56. The lowest BCUT2D eigenvalue weighted by Gasteiger charge is -2.36. The highest BCUT2D eigenvalue weighted by atomic mass is 35.5. The van der Waals surface area contributed by atoms with Gasteiger partial charge in [-0.3, -0.25) is 0 Å². The summed E-state index contributed by atoms with van der Waals surface area (Å²) in [6, 6.07) is 1.20. The van der Waals surface area contributed by atoms with E-state index >= 15 is 0 Å². The highest BCUT2D eigenvalue weighted by molar-refractivity contribution is 6.29. The van der Waals surface area contributed by atoms with Gasteiger partial charge in [0.05, 0.1) is 12.1 Å². The summed E-state index contributed by atoms with van der Waals surface area (Å²) in [6.07, 6.45) is -3.75. The Bertz CT molecular complexity index is 478. The molecule has 2 heterocycles. The SMILES string of the molecule is OCC1(Nc2cc(Cl)nc(C(F)(F)F)n2)CCOCC1. The minimum Gasteiger partial charge on any atom is -0.394 e. The highest BCUT2D eigenvalue weighted by Gasteiger charge is 2.37. The van der Waals surface area contributed by atoms with Crippen LogP contribution in [0, 0.1) is 0 Å². The number of halogens is 4. The van der Waals surface area contributed by atoms with E-state index in [9.17, 15) is 18.3 Å². The first-order valence-electron chi connectivity index (χ1n) is 5.93. The summed E-state index contributed by atoms with van der Waals surface area (Å²) < 4.78 is 43.0. The van der Waals surface area contributed by atoms with Gasteiger partial charge in [0.2, 0.25) is 5.82 Å². The van der Waals surface area contributed by atoms with Crippen molar-refractivity contribution >= 4 is 17.4 Å². The van der Waals surface area contributed by atoms with Crippen LogP contribution in [0.15, 0.2) is 6.07 Å². The zero-order chi connectivity index (χ0) is 14.8. The molecule has 1 aromatic rings. The minimum atomic E-state index is -4.68. The van der Waals surface area contributed by atoms with E-state index in [1.54, 1.807) is 0 Å². The zero-order valence-corrected chi connectivity index (χ0v) is 11.1. The maximum atomic E-state index is 12.6. The Hall–Kier alpha value is -1.12. The summed E-state index contributed by atoms with van der Waals surface area (Å²) in [5.74, 6) is -1.37. The molecule has 0 amide bonds. The van der Waals surface area contributed by atoms with Crippen LogP contribution >= 0.6 is 11.6 Å². The van der Waals surface area contributed by atoms with Gasteiger partial charge in [0.1, 0.15) is 11.0 Å². The monoisotopic (exact) mass is 311 g/mol. The molecule has 5 nitrogen and oxygen atoms in total. The molecule has 2 N–H and O–H groups in total. The lowest BCUT2D eigenvalue weighted by molar-refractivity contribution is -0.144. The molecule has 0 radical (unpaired) electrons. The molecule has 1 aromatic heterocycles. The van der Waals surface area contributed by atoms with Crippen LogP contribution in [0.4, 0.5) is 19.0 Å². The van der Waals surface area contributed by atoms with E-state index in [-0.39, 0.29) is 17.6 Å². The number of rotatable bonds is 3. The molecular weight excluding hydrogens is 299 g/mol. The summed E-state index contributed by atoms with van der Waals surface area (Å²) in [5, 5.41) is 12.0. The van der Waals surface area contributed by atoms with E-state index in [1.165, 1.54) is 6.07 Å². The van der Waals surface area contributed by atoms with Crippen molar-refractivity contribution in [1.29, 1.82) is 0 Å². The number of ether oxygens (including phenoxy) is 1. The van der Waals surface area contributed by atoms with Crippen molar-refractivity contribution < 1.29 is 23.0 Å². The van der Waals surface area contributed by atoms with Gasteiger partial charge in [-0.05, 0) is 12.8 Å². The van der Waals surface area contributed by atoms with Gasteiger partial charge in [-0.1, -0.05) is 11.6 Å². The summed E-state index contributed by atoms with van der Waals surface area (Å²) in [7, 11) is 0. The van der Waals surface area contributed by atoms with Crippen LogP contribution in [-0.4, -0.2) is 40.4 Å². The first kappa shape index (κ1) is 15.3. The second kappa shape index (κ2) is 5.71. The fourth-order valence-electron chi connectivity index (χ4n) is 1.96. The van der Waals surface area contributed by atoms with Gasteiger partial charge < -0.3 is 15.2 Å². The number of aliphatic hydroxyl groups is 1. The van der Waals surface area contributed by atoms with Crippen LogP contribution in [0.25, 0.3) is 0 Å². The Morgan fingerprint density at radius 1 is 1.35 bits per heavy atom. The average molecular weight is 312 g/mol. The number of nitrogens with zero attached hydrogens (tertiary/aromatic N) is 2. The number of aromatic nitrogens is 2. The zero-order valence-electron chi connectivity index (χ0n) is 10.4. The first-order chi connectivity index (χ1) is 9.35. The van der Waals surface area contributed by atoms with Crippen LogP contribution in [0.2, 0.25) is 5.15 Å². The minimum absolute atomic E-state index is 0.0618. The molecule has 0 atom stereocenters. The van der Waals surface area contributed by atoms with Crippen LogP contribution in [0.3, 0.4) is 0 Å². The molecule has 0 bridgehead atoms. The Morgan fingerprint density at radius 2 is 2.00 bits per heavy atom. The maximum absolute atomic E-state index is 12.6. The number of hydrogen-bond acceptors (Lipinski definition) is 5. The van der Waals surface area contributed by atoms with Crippen molar-refractivity contribution in [3.05, 3.63) is 17.0 Å². The van der Waals surface area contributed by atoms with Gasteiger partial charge in [-0.15, -0.1) is 0 Å². The van der Waals surface area contributed by atoms with Crippen molar-refractivity contribution in [2.24, 2.45) is 0 Å². The number of anilines is 1. The molecule has 9 heteroatoms. The van der Waals surface area contributed by atoms with Crippen molar-refractivity contribution in [1.82, 2.24) is 9.97 Å². The largest absolute Gasteiger partial charge is 0.451 e. The molecule has 1 saturated heterocycles. The third-order valence-electron chi connectivity index (χ3n) is 3.09. The molecule has 1 fully saturated rings. The summed E-state index contributed by atoms with van der Waals surface area (Å²) >= 11 is 5.58. The smallest absolute Gasteiger partial charge is 0.394 e. The van der Waals surface area contributed by atoms with Crippen molar-refractivity contribution in [3.8, 4) is 0 Å². The molecule has 0 saturated carbocycles. The van der Waals surface area contributed by atoms with E-state index in [4.69, 9.17) is 16.3 Å². The molecule has 0 aliphatic carbocycles. The first-order valence-corrected chi connectivity index (χ1v) is 6.31. The molecule has 0 spiro atoms. The molecule has 112 valence electrons. The van der Waals surface area contributed by atoms with Crippen LogP contribution < -0.4 is 5.32 Å². The van der Waals surface area contributed by atoms with Crippen LogP contribution in [0.5, 0.6) is 0 Å². The van der Waals surface area contributed by atoms with Gasteiger partial charge in [0.15, 0.2) is 0 Å². The fourth-order valence-corrected chi connectivity index (χ4v) is 2.15. The molecule has 0 aromatic carbocycles. The molecule has 1 aliphatic rings. The fraction of sp³-hybridized carbons (Fsp3) is 0.636. The standard InChI is InChI=1S/C11H13ClF3N3O2/c12-7-5-8(17-9(16-7)11(13,14)15)18-10(6-19)1-3-20-4-2-10/h5,19H,1-4,6H2,(H,16,17,18). The number of alkyl halides is 3. The van der Waals surface area contributed by atoms with Crippen molar-refractivity contribution in [2.75, 3.05) is 25.1 Å². The van der Waals surface area contributed by atoms with E-state index < -0.39 is 17.5 Å². The Kier molecular flexibility index (Phi) is 4.36. The second-order valence-corrected chi connectivity index (χ2v) is 4.96. The van der Waals surface area contributed by atoms with E-state index in [0.29, 0.717) is 26.1 Å². The second-order valence-electron chi connectivity index (χ2n) is 4.57. The highest BCUT2D eigenvalue weighted by Crippen LogP contribution is 2.30. The predicted molar refractivity (Wildman–Crippen MR) is 65.5 cm³/mol. The average Bonchev–Trinajstić information content (AvgIpc) is 2.38. The Morgan fingerprint density at radius 3 is 2.55 bits per heavy atom. The van der Waals surface area contributed by atoms with Gasteiger partial charge in [-0.2, -0.15) is 13.2 Å². The van der Waals surface area contributed by atoms with Crippen LogP contribution in [0.1, 0.15) is 18.7 Å². The molecule has 2 rings (SSSR count). The number of hydrogen-bond donors (Lipinski definition) is 2. The molecule has 20 heavy (non-hydrogen) atoms. The van der Waals surface area contributed by atoms with Crippen molar-refractivity contribution in [2.45, 2.75) is 24.6 Å². The Balaban J connectivity index is 2.26. The molecule has 0 unspecified atom stereocenters. The number of nitrogens with one attached hydrogen (secondary N) is 1. The normalized spacial score (nSPS) is 18.9. The van der Waals surface area contributed by atoms with Gasteiger partial charge >= 0.3 is 6.18 Å². The Labute approximate surface area is 118 Å². The van der Waals surface area contributed by atoms with Gasteiger partial charge in [-0.25, -0.2) is 9.97 Å². The summed E-state index contributed by atoms with van der Waals surface area (Å²) in [6.45, 7) is 0.594. The molecular formula is C11H13ClF3N3O2. The van der Waals surface area contributed by atoms with E-state index in [1.807, 2.05) is 0 Å². The van der Waals surface area contributed by atoms with Gasteiger partial charge in [0.25, 0.3) is 0 Å². The third kappa shape index (κ3) is 3.50. The summed E-state index contributed by atoms with van der Waals surface area (Å²) in [5.41, 5.74) is -0.751. The lowest BCUT2D eigenvalue weighted by Crippen LogP contribution is -2.47. The maximum Gasteiger partial charge on any atom is 0.451 e. The quantitative estimate of drug-likeness (QED) is 0.837.